The van der Waals surface area contributed by atoms with E-state index in [0.29, 0.717) is 35.1 Å². The summed E-state index contributed by atoms with van der Waals surface area (Å²) in [5, 5.41) is 8.59. The number of nitrogens with one attached hydrogen (secondary N) is 1. The number of aryl methyl sites for hydroxylation is 1. The van der Waals surface area contributed by atoms with Gasteiger partial charge in [-0.1, -0.05) is 16.8 Å². The predicted molar refractivity (Wildman–Crippen MR) is 118 cm³/mol. The van der Waals surface area contributed by atoms with Gasteiger partial charge in [0.2, 0.25) is 0 Å². The van der Waals surface area contributed by atoms with E-state index in [4.69, 9.17) is 25.9 Å². The molecule has 1 aliphatic heterocycles. The molecule has 0 aliphatic carbocycles. The number of benzene rings is 1. The zero-order valence-corrected chi connectivity index (χ0v) is 19.8. The first-order valence-corrected chi connectivity index (χ1v) is 12.4. The number of aromatic nitrogens is 3. The van der Waals surface area contributed by atoms with Gasteiger partial charge in [0, 0.05) is 31.4 Å². The van der Waals surface area contributed by atoms with Gasteiger partial charge in [-0.2, -0.15) is 0 Å². The van der Waals surface area contributed by atoms with Gasteiger partial charge in [-0.3, -0.25) is 9.48 Å². The zero-order chi connectivity index (χ0) is 23.4. The standard InChI is InChI=1S/C20H27ClN4O6S/c1-20(32(3,27)28,19(26)23-31-18-6-4-5-11-30-18)9-10-25-13-17(22-24-25)15-8-7-14(29-2)12-16(15)21/h7-8,12-13,18H,4-6,9-11H2,1-3H3,(H,23,26)/t18?,20-/m1/s1. The van der Waals surface area contributed by atoms with Crippen LogP contribution in [-0.2, 0) is 30.8 Å². The first kappa shape index (κ1) is 24.4. The maximum Gasteiger partial charge on any atom is 0.264 e. The second kappa shape index (κ2) is 10.2. The van der Waals surface area contributed by atoms with E-state index < -0.39 is 26.8 Å². The van der Waals surface area contributed by atoms with Crippen LogP contribution in [0.15, 0.2) is 24.4 Å². The number of carbonyl (C=O) groups excluding carboxylic acids is 1. The predicted octanol–water partition coefficient (Wildman–Crippen LogP) is 2.37. The number of nitrogens with zero attached hydrogens (tertiary/aromatic N) is 3. The topological polar surface area (TPSA) is 122 Å². The number of ether oxygens (including phenoxy) is 2. The van der Waals surface area contributed by atoms with Gasteiger partial charge in [0.05, 0.1) is 18.3 Å². The number of methoxy groups -OCH3 is 1. The number of hydroxylamine groups is 1. The Morgan fingerprint density at radius 2 is 2.19 bits per heavy atom. The minimum absolute atomic E-state index is 0.0360. The fraction of sp³-hybridized carbons (Fsp3) is 0.550. The number of hydrogen-bond donors (Lipinski definition) is 1. The zero-order valence-electron chi connectivity index (χ0n) is 18.2. The Hall–Kier alpha value is -2.21. The SMILES string of the molecule is COc1ccc(-c2cn(CC[C@](C)(C(=O)NOC3CCCCO3)S(C)(=O)=O)nn2)c(Cl)c1. The van der Waals surface area contributed by atoms with Crippen LogP contribution in [0.25, 0.3) is 11.3 Å². The first-order valence-electron chi connectivity index (χ1n) is 10.2. The molecule has 0 saturated carbocycles. The summed E-state index contributed by atoms with van der Waals surface area (Å²) in [4.78, 5) is 18.0. The van der Waals surface area contributed by atoms with Crippen LogP contribution in [0.1, 0.15) is 32.6 Å². The van der Waals surface area contributed by atoms with Crippen LogP contribution >= 0.6 is 11.6 Å². The molecule has 1 aromatic carbocycles. The average molecular weight is 487 g/mol. The molecule has 176 valence electrons. The number of sulfone groups is 1. The Labute approximate surface area is 192 Å². The summed E-state index contributed by atoms with van der Waals surface area (Å²) in [6.07, 6.45) is 4.52. The van der Waals surface area contributed by atoms with E-state index in [0.717, 1.165) is 19.1 Å². The van der Waals surface area contributed by atoms with Gasteiger partial charge < -0.3 is 9.47 Å². The van der Waals surface area contributed by atoms with Crippen LogP contribution in [0.5, 0.6) is 5.75 Å². The van der Waals surface area contributed by atoms with Crippen LogP contribution in [0.4, 0.5) is 0 Å². The summed E-state index contributed by atoms with van der Waals surface area (Å²) >= 11 is 6.29. The van der Waals surface area contributed by atoms with Gasteiger partial charge in [-0.05, 0) is 44.4 Å². The smallest absolute Gasteiger partial charge is 0.264 e. The molecule has 1 N–H and O–H groups in total. The Bertz CT molecular complexity index is 1050. The van der Waals surface area contributed by atoms with Crippen molar-refractivity contribution in [3.05, 3.63) is 29.4 Å². The van der Waals surface area contributed by atoms with E-state index in [1.54, 1.807) is 31.5 Å². The molecule has 1 fully saturated rings. The third-order valence-electron chi connectivity index (χ3n) is 5.53. The normalized spacial score (nSPS) is 18.7. The van der Waals surface area contributed by atoms with Gasteiger partial charge in [0.1, 0.15) is 11.4 Å². The Balaban J connectivity index is 1.68. The summed E-state index contributed by atoms with van der Waals surface area (Å²) < 4.78 is 35.2. The van der Waals surface area contributed by atoms with Gasteiger partial charge in [-0.25, -0.2) is 18.7 Å². The Morgan fingerprint density at radius 3 is 2.81 bits per heavy atom. The molecule has 32 heavy (non-hydrogen) atoms. The molecule has 12 heteroatoms. The number of rotatable bonds is 9. The maximum absolute atomic E-state index is 12.8. The van der Waals surface area contributed by atoms with Crippen molar-refractivity contribution in [2.45, 2.75) is 50.2 Å². The highest BCUT2D eigenvalue weighted by atomic mass is 35.5. The molecule has 0 spiro atoms. The lowest BCUT2D eigenvalue weighted by molar-refractivity contribution is -0.201. The van der Waals surface area contributed by atoms with Crippen LogP contribution in [0, 0.1) is 0 Å². The molecular weight excluding hydrogens is 460 g/mol. The minimum atomic E-state index is -3.78. The first-order chi connectivity index (χ1) is 15.1. The lowest BCUT2D eigenvalue weighted by atomic mass is 10.1. The number of hydrogen-bond acceptors (Lipinski definition) is 8. The number of halogens is 1. The van der Waals surface area contributed by atoms with Gasteiger partial charge in [-0.15, -0.1) is 5.10 Å². The number of carbonyl (C=O) groups is 1. The van der Waals surface area contributed by atoms with E-state index in [9.17, 15) is 13.2 Å². The molecule has 2 heterocycles. The highest BCUT2D eigenvalue weighted by Gasteiger charge is 2.44. The molecule has 1 aliphatic rings. The van der Waals surface area contributed by atoms with E-state index >= 15 is 0 Å². The fourth-order valence-electron chi connectivity index (χ4n) is 3.19. The quantitative estimate of drug-likeness (QED) is 0.536. The monoisotopic (exact) mass is 486 g/mol. The van der Waals surface area contributed by atoms with E-state index in [2.05, 4.69) is 15.8 Å². The van der Waals surface area contributed by atoms with Crippen molar-refractivity contribution in [1.29, 1.82) is 0 Å². The second-order valence-corrected chi connectivity index (χ2v) is 10.7. The van der Waals surface area contributed by atoms with Crippen LogP contribution in [-0.4, -0.2) is 60.3 Å². The Kier molecular flexibility index (Phi) is 7.75. The molecule has 3 rings (SSSR count). The lowest BCUT2D eigenvalue weighted by Gasteiger charge is -2.28. The van der Waals surface area contributed by atoms with Crippen molar-refractivity contribution in [3.63, 3.8) is 0 Å². The third-order valence-corrected chi connectivity index (χ3v) is 7.87. The summed E-state index contributed by atoms with van der Waals surface area (Å²) in [6.45, 7) is 2.04. The molecule has 2 aromatic rings. The second-order valence-electron chi connectivity index (χ2n) is 7.81. The highest BCUT2D eigenvalue weighted by molar-refractivity contribution is 7.92. The summed E-state index contributed by atoms with van der Waals surface area (Å²) in [7, 11) is -2.23. The molecule has 10 nitrogen and oxygen atoms in total. The highest BCUT2D eigenvalue weighted by Crippen LogP contribution is 2.30. The van der Waals surface area contributed by atoms with E-state index in [-0.39, 0.29) is 13.0 Å². The summed E-state index contributed by atoms with van der Waals surface area (Å²) in [5.74, 6) is -0.144. The fourth-order valence-corrected chi connectivity index (χ4v) is 4.30. The third kappa shape index (κ3) is 5.58. The van der Waals surface area contributed by atoms with E-state index in [1.165, 1.54) is 11.6 Å². The van der Waals surface area contributed by atoms with Gasteiger partial charge >= 0.3 is 0 Å². The van der Waals surface area contributed by atoms with Crippen molar-refractivity contribution in [2.75, 3.05) is 20.0 Å². The largest absolute Gasteiger partial charge is 0.497 e. The molecule has 1 amide bonds. The van der Waals surface area contributed by atoms with Crippen LogP contribution in [0.2, 0.25) is 5.02 Å². The summed E-state index contributed by atoms with van der Waals surface area (Å²) in [5.41, 5.74) is 3.44. The molecule has 2 atom stereocenters. The van der Waals surface area contributed by atoms with Crippen molar-refractivity contribution in [1.82, 2.24) is 20.5 Å². The lowest BCUT2D eigenvalue weighted by Crippen LogP contribution is -2.51. The molecule has 1 unspecified atom stereocenters. The summed E-state index contributed by atoms with van der Waals surface area (Å²) in [6, 6.07) is 5.17. The average Bonchev–Trinajstić information content (AvgIpc) is 3.24. The van der Waals surface area contributed by atoms with Crippen molar-refractivity contribution in [2.24, 2.45) is 0 Å². The molecule has 0 radical (unpaired) electrons. The van der Waals surface area contributed by atoms with Crippen molar-refractivity contribution < 1.29 is 27.5 Å². The number of amides is 1. The van der Waals surface area contributed by atoms with E-state index in [1.807, 2.05) is 0 Å². The molecular formula is C20H27ClN4O6S. The van der Waals surface area contributed by atoms with Crippen molar-refractivity contribution in [3.8, 4) is 17.0 Å². The maximum atomic E-state index is 12.8. The van der Waals surface area contributed by atoms with Crippen LogP contribution in [0.3, 0.4) is 0 Å². The molecule has 0 bridgehead atoms. The van der Waals surface area contributed by atoms with Crippen LogP contribution < -0.4 is 10.2 Å². The molecule has 1 saturated heterocycles. The van der Waals surface area contributed by atoms with Gasteiger partial charge in [0.15, 0.2) is 20.9 Å². The van der Waals surface area contributed by atoms with Gasteiger partial charge in [0.25, 0.3) is 5.91 Å². The molecule has 1 aromatic heterocycles. The minimum Gasteiger partial charge on any atom is -0.497 e. The Morgan fingerprint density at radius 1 is 1.41 bits per heavy atom. The van der Waals surface area contributed by atoms with Crippen molar-refractivity contribution >= 4 is 27.3 Å².